The highest BCUT2D eigenvalue weighted by Crippen LogP contribution is 2.26. The summed E-state index contributed by atoms with van der Waals surface area (Å²) in [5.74, 6) is 0.420. The number of aromatic nitrogens is 3. The summed E-state index contributed by atoms with van der Waals surface area (Å²) in [5, 5.41) is 4.07. The second kappa shape index (κ2) is 2.35. The van der Waals surface area contributed by atoms with Gasteiger partial charge in [0.2, 0.25) is 0 Å². The second-order valence-electron chi connectivity index (χ2n) is 3.03. The molecule has 0 bridgehead atoms. The van der Waals surface area contributed by atoms with Crippen molar-refractivity contribution in [3.63, 3.8) is 0 Å². The van der Waals surface area contributed by atoms with E-state index in [-0.39, 0.29) is 0 Å². The van der Waals surface area contributed by atoms with Crippen LogP contribution in [0.3, 0.4) is 0 Å². The monoisotopic (exact) mass is 177 g/mol. The van der Waals surface area contributed by atoms with E-state index in [0.717, 1.165) is 11.3 Å². The molecule has 0 atom stereocenters. The maximum absolute atomic E-state index is 5.86. The molecule has 0 aliphatic rings. The molecule has 0 aliphatic heterocycles. The van der Waals surface area contributed by atoms with Gasteiger partial charge in [-0.25, -0.2) is 9.50 Å². The molecule has 5 heteroatoms. The van der Waals surface area contributed by atoms with E-state index >= 15 is 0 Å². The average molecular weight is 177 g/mol. The maximum atomic E-state index is 5.86. The fourth-order valence-electron chi connectivity index (χ4n) is 1.40. The van der Waals surface area contributed by atoms with Crippen LogP contribution < -0.4 is 11.5 Å². The van der Waals surface area contributed by atoms with Gasteiger partial charge in [-0.2, -0.15) is 5.10 Å². The summed E-state index contributed by atoms with van der Waals surface area (Å²) < 4.78 is 1.72. The van der Waals surface area contributed by atoms with Gasteiger partial charge in [0.25, 0.3) is 0 Å². The van der Waals surface area contributed by atoms with Crippen molar-refractivity contribution in [2.45, 2.75) is 13.8 Å². The van der Waals surface area contributed by atoms with Crippen molar-refractivity contribution in [1.29, 1.82) is 0 Å². The molecule has 68 valence electrons. The SMILES string of the molecule is Cc1c(N)c2c(N)ncnn2c1C. The average Bonchev–Trinajstić information content (AvgIpc) is 2.33. The van der Waals surface area contributed by atoms with Gasteiger partial charge in [0, 0.05) is 5.69 Å². The summed E-state index contributed by atoms with van der Waals surface area (Å²) in [6.45, 7) is 3.89. The molecule has 2 aromatic rings. The number of nitrogens with two attached hydrogens (primary N) is 2. The third kappa shape index (κ3) is 0.867. The third-order valence-corrected chi connectivity index (χ3v) is 2.34. The van der Waals surface area contributed by atoms with Crippen LogP contribution in [0.1, 0.15) is 11.3 Å². The molecule has 0 spiro atoms. The van der Waals surface area contributed by atoms with Gasteiger partial charge in [0.15, 0.2) is 5.82 Å². The Hall–Kier alpha value is -1.78. The van der Waals surface area contributed by atoms with Crippen LogP contribution in [0.2, 0.25) is 0 Å². The fraction of sp³-hybridized carbons (Fsp3) is 0.250. The highest BCUT2D eigenvalue weighted by Gasteiger charge is 2.12. The lowest BCUT2D eigenvalue weighted by atomic mass is 10.2. The van der Waals surface area contributed by atoms with E-state index in [1.165, 1.54) is 6.33 Å². The molecule has 2 aromatic heterocycles. The summed E-state index contributed by atoms with van der Waals surface area (Å²) in [4.78, 5) is 3.89. The van der Waals surface area contributed by atoms with E-state index in [1.807, 2.05) is 13.8 Å². The number of aryl methyl sites for hydroxylation is 1. The van der Waals surface area contributed by atoms with Crippen molar-refractivity contribution >= 4 is 17.0 Å². The minimum absolute atomic E-state index is 0.420. The Bertz CT molecular complexity index is 471. The minimum Gasteiger partial charge on any atom is -0.397 e. The van der Waals surface area contributed by atoms with E-state index < -0.39 is 0 Å². The fourth-order valence-corrected chi connectivity index (χ4v) is 1.40. The summed E-state index contributed by atoms with van der Waals surface area (Å²) in [6, 6.07) is 0. The lowest BCUT2D eigenvalue weighted by Crippen LogP contribution is -2.00. The highest BCUT2D eigenvalue weighted by molar-refractivity contribution is 5.84. The van der Waals surface area contributed by atoms with Crippen molar-refractivity contribution < 1.29 is 0 Å². The molecular formula is C8H11N5. The Kier molecular flexibility index (Phi) is 1.42. The first-order valence-electron chi connectivity index (χ1n) is 3.96. The number of hydrogen-bond acceptors (Lipinski definition) is 4. The number of fused-ring (bicyclic) bond motifs is 1. The zero-order valence-corrected chi connectivity index (χ0v) is 7.57. The van der Waals surface area contributed by atoms with Crippen LogP contribution in [-0.4, -0.2) is 14.6 Å². The van der Waals surface area contributed by atoms with Gasteiger partial charge in [-0.3, -0.25) is 0 Å². The molecule has 5 nitrogen and oxygen atoms in total. The zero-order valence-electron chi connectivity index (χ0n) is 7.57. The number of rotatable bonds is 0. The van der Waals surface area contributed by atoms with Crippen molar-refractivity contribution in [1.82, 2.24) is 14.6 Å². The van der Waals surface area contributed by atoms with Crippen molar-refractivity contribution in [2.75, 3.05) is 11.5 Å². The lowest BCUT2D eigenvalue weighted by molar-refractivity contribution is 0.871. The normalized spacial score (nSPS) is 10.9. The number of anilines is 2. The van der Waals surface area contributed by atoms with Gasteiger partial charge in [-0.1, -0.05) is 0 Å². The third-order valence-electron chi connectivity index (χ3n) is 2.34. The summed E-state index contributed by atoms with van der Waals surface area (Å²) >= 11 is 0. The van der Waals surface area contributed by atoms with Crippen molar-refractivity contribution in [2.24, 2.45) is 0 Å². The van der Waals surface area contributed by atoms with Gasteiger partial charge in [0.05, 0.1) is 5.69 Å². The molecule has 0 unspecified atom stereocenters. The molecule has 0 amide bonds. The summed E-state index contributed by atoms with van der Waals surface area (Å²) in [7, 11) is 0. The summed E-state index contributed by atoms with van der Waals surface area (Å²) in [5.41, 5.74) is 14.9. The molecule has 2 heterocycles. The predicted octanol–water partition coefficient (Wildman–Crippen LogP) is 0.511. The van der Waals surface area contributed by atoms with Crippen molar-refractivity contribution in [3.05, 3.63) is 17.6 Å². The highest BCUT2D eigenvalue weighted by atomic mass is 15.3. The van der Waals surface area contributed by atoms with Gasteiger partial charge >= 0.3 is 0 Å². The molecule has 0 radical (unpaired) electrons. The Balaban J connectivity index is 3.03. The van der Waals surface area contributed by atoms with Crippen LogP contribution in [0.25, 0.3) is 5.52 Å². The lowest BCUT2D eigenvalue weighted by Gasteiger charge is -1.97. The molecule has 2 rings (SSSR count). The van der Waals surface area contributed by atoms with Gasteiger partial charge in [0.1, 0.15) is 11.8 Å². The standard InChI is InChI=1S/C8H11N5/c1-4-5(2)13-7(6(4)9)8(10)11-3-12-13/h3H,9H2,1-2H3,(H2,10,11,12). The molecule has 0 aliphatic carbocycles. The Labute approximate surface area is 75.4 Å². The maximum Gasteiger partial charge on any atom is 0.153 e. The van der Waals surface area contributed by atoms with Crippen molar-refractivity contribution in [3.8, 4) is 0 Å². The van der Waals surface area contributed by atoms with Crippen LogP contribution >= 0.6 is 0 Å². The first-order valence-corrected chi connectivity index (χ1v) is 3.96. The Morgan fingerprint density at radius 3 is 2.62 bits per heavy atom. The number of hydrogen-bond donors (Lipinski definition) is 2. The molecule has 0 saturated heterocycles. The van der Waals surface area contributed by atoms with E-state index in [2.05, 4.69) is 10.1 Å². The second-order valence-corrected chi connectivity index (χ2v) is 3.03. The van der Waals surface area contributed by atoms with E-state index in [1.54, 1.807) is 4.52 Å². The smallest absolute Gasteiger partial charge is 0.153 e. The summed E-state index contributed by atoms with van der Waals surface area (Å²) in [6.07, 6.45) is 1.42. The topological polar surface area (TPSA) is 82.2 Å². The van der Waals surface area contributed by atoms with Crippen LogP contribution in [0.5, 0.6) is 0 Å². The number of nitrogens with zero attached hydrogens (tertiary/aromatic N) is 3. The Morgan fingerprint density at radius 2 is 2.00 bits per heavy atom. The Morgan fingerprint density at radius 1 is 1.31 bits per heavy atom. The number of nitrogen functional groups attached to an aromatic ring is 2. The zero-order chi connectivity index (χ0) is 9.59. The predicted molar refractivity (Wildman–Crippen MR) is 51.3 cm³/mol. The molecular weight excluding hydrogens is 166 g/mol. The molecule has 0 fully saturated rings. The van der Waals surface area contributed by atoms with Gasteiger partial charge in [-0.05, 0) is 19.4 Å². The largest absolute Gasteiger partial charge is 0.397 e. The van der Waals surface area contributed by atoms with E-state index in [4.69, 9.17) is 11.5 Å². The van der Waals surface area contributed by atoms with Crippen LogP contribution in [0.4, 0.5) is 11.5 Å². The first kappa shape index (κ1) is 7.85. The van der Waals surface area contributed by atoms with Crippen LogP contribution in [-0.2, 0) is 0 Å². The van der Waals surface area contributed by atoms with E-state index in [9.17, 15) is 0 Å². The van der Waals surface area contributed by atoms with Crippen LogP contribution in [0.15, 0.2) is 6.33 Å². The van der Waals surface area contributed by atoms with Gasteiger partial charge < -0.3 is 11.5 Å². The minimum atomic E-state index is 0.420. The molecule has 0 saturated carbocycles. The first-order chi connectivity index (χ1) is 6.13. The van der Waals surface area contributed by atoms with Gasteiger partial charge in [-0.15, -0.1) is 0 Å². The van der Waals surface area contributed by atoms with Crippen LogP contribution in [0, 0.1) is 13.8 Å². The molecule has 4 N–H and O–H groups in total. The quantitative estimate of drug-likeness (QED) is 0.614. The molecule has 13 heavy (non-hydrogen) atoms. The van der Waals surface area contributed by atoms with E-state index in [0.29, 0.717) is 17.0 Å². The molecule has 0 aromatic carbocycles.